The fraction of sp³-hybridized carbons (Fsp3) is 0.818. The van der Waals surface area contributed by atoms with Gasteiger partial charge in [0.1, 0.15) is 5.82 Å². The molecule has 2 aliphatic heterocycles. The smallest absolute Gasteiger partial charge is 0.163 e. The van der Waals surface area contributed by atoms with E-state index < -0.39 is 0 Å². The molecular formula is C11H17N3S. The van der Waals surface area contributed by atoms with Gasteiger partial charge in [-0.2, -0.15) is 16.9 Å². The third kappa shape index (κ3) is 1.69. The van der Waals surface area contributed by atoms with Crippen LogP contribution >= 0.6 is 11.8 Å². The Hall–Kier alpha value is -0.510. The van der Waals surface area contributed by atoms with Crippen LogP contribution in [-0.4, -0.2) is 20.5 Å². The van der Waals surface area contributed by atoms with E-state index in [1.165, 1.54) is 37.3 Å². The summed E-state index contributed by atoms with van der Waals surface area (Å²) in [7, 11) is 0. The molecule has 0 spiro atoms. The van der Waals surface area contributed by atoms with Crippen LogP contribution < -0.4 is 0 Å². The van der Waals surface area contributed by atoms with Gasteiger partial charge in [-0.15, -0.1) is 0 Å². The molecule has 3 heterocycles. The van der Waals surface area contributed by atoms with Gasteiger partial charge in [0.2, 0.25) is 0 Å². The Bertz CT molecular complexity index is 355. The van der Waals surface area contributed by atoms with Crippen molar-refractivity contribution in [2.75, 3.05) is 5.75 Å². The Morgan fingerprint density at radius 1 is 1.33 bits per heavy atom. The first-order valence-electron chi connectivity index (χ1n) is 5.91. The van der Waals surface area contributed by atoms with Crippen LogP contribution in [0.5, 0.6) is 0 Å². The molecule has 1 aromatic rings. The molecule has 1 fully saturated rings. The van der Waals surface area contributed by atoms with Gasteiger partial charge in [-0.3, -0.25) is 0 Å². The normalized spacial score (nSPS) is 30.5. The molecule has 2 atom stereocenters. The Kier molecular flexibility index (Phi) is 2.47. The molecule has 0 saturated carbocycles. The summed E-state index contributed by atoms with van der Waals surface area (Å²) in [6.07, 6.45) is 5.13. The fourth-order valence-corrected chi connectivity index (χ4v) is 3.70. The minimum absolute atomic E-state index is 0.579. The van der Waals surface area contributed by atoms with Crippen LogP contribution in [-0.2, 0) is 6.54 Å². The fourth-order valence-electron chi connectivity index (χ4n) is 2.50. The molecule has 2 aliphatic rings. The summed E-state index contributed by atoms with van der Waals surface area (Å²) in [6.45, 7) is 3.34. The standard InChI is InChI=1S/C11H17N3S/c1-8-4-2-6-14-11(8)12-10(13-14)9-5-3-7-15-9/h8-9H,2-7H2,1H3. The molecular weight excluding hydrogens is 206 g/mol. The van der Waals surface area contributed by atoms with Crippen molar-refractivity contribution in [2.45, 2.75) is 50.3 Å². The van der Waals surface area contributed by atoms with Crippen molar-refractivity contribution >= 4 is 11.8 Å². The van der Waals surface area contributed by atoms with Gasteiger partial charge in [-0.1, -0.05) is 6.92 Å². The van der Waals surface area contributed by atoms with Crippen LogP contribution in [0.3, 0.4) is 0 Å². The van der Waals surface area contributed by atoms with Crippen LogP contribution in [0.1, 0.15) is 55.4 Å². The molecule has 1 aromatic heterocycles. The van der Waals surface area contributed by atoms with E-state index in [9.17, 15) is 0 Å². The lowest BCUT2D eigenvalue weighted by molar-refractivity contribution is 0.431. The van der Waals surface area contributed by atoms with Crippen molar-refractivity contribution in [3.63, 3.8) is 0 Å². The highest BCUT2D eigenvalue weighted by atomic mass is 32.2. The lowest BCUT2D eigenvalue weighted by Gasteiger charge is -2.17. The molecule has 0 aliphatic carbocycles. The molecule has 82 valence electrons. The lowest BCUT2D eigenvalue weighted by atomic mass is 10.0. The largest absolute Gasteiger partial charge is 0.249 e. The summed E-state index contributed by atoms with van der Waals surface area (Å²) in [5.41, 5.74) is 0. The highest BCUT2D eigenvalue weighted by Crippen LogP contribution is 2.39. The monoisotopic (exact) mass is 223 g/mol. The molecule has 0 aromatic carbocycles. The maximum Gasteiger partial charge on any atom is 0.163 e. The zero-order chi connectivity index (χ0) is 10.3. The lowest BCUT2D eigenvalue weighted by Crippen LogP contribution is -2.14. The van der Waals surface area contributed by atoms with Crippen LogP contribution in [0.2, 0.25) is 0 Å². The molecule has 15 heavy (non-hydrogen) atoms. The Labute approximate surface area is 94.7 Å². The first-order chi connectivity index (χ1) is 7.34. The van der Waals surface area contributed by atoms with Crippen LogP contribution in [0.4, 0.5) is 0 Å². The van der Waals surface area contributed by atoms with E-state index in [1.54, 1.807) is 0 Å². The molecule has 0 radical (unpaired) electrons. The highest BCUT2D eigenvalue weighted by molar-refractivity contribution is 7.99. The maximum absolute atomic E-state index is 4.74. The summed E-state index contributed by atoms with van der Waals surface area (Å²) in [4.78, 5) is 4.74. The van der Waals surface area contributed by atoms with E-state index in [-0.39, 0.29) is 0 Å². The van der Waals surface area contributed by atoms with E-state index >= 15 is 0 Å². The van der Waals surface area contributed by atoms with E-state index in [0.29, 0.717) is 11.2 Å². The average Bonchev–Trinajstić information content (AvgIpc) is 2.86. The molecule has 3 nitrogen and oxygen atoms in total. The van der Waals surface area contributed by atoms with Crippen molar-refractivity contribution < 1.29 is 0 Å². The van der Waals surface area contributed by atoms with E-state index in [1.807, 2.05) is 11.8 Å². The second-order valence-corrected chi connectivity index (χ2v) is 5.91. The minimum atomic E-state index is 0.579. The topological polar surface area (TPSA) is 30.7 Å². The SMILES string of the molecule is CC1CCCn2nc(C3CCCS3)nc21. The van der Waals surface area contributed by atoms with Crippen molar-refractivity contribution in [3.05, 3.63) is 11.6 Å². The van der Waals surface area contributed by atoms with Crippen LogP contribution in [0, 0.1) is 0 Å². The predicted octanol–water partition coefficient (Wildman–Crippen LogP) is 2.74. The molecule has 3 rings (SSSR count). The first-order valence-corrected chi connectivity index (χ1v) is 6.95. The molecule has 0 bridgehead atoms. The number of hydrogen-bond acceptors (Lipinski definition) is 3. The minimum Gasteiger partial charge on any atom is -0.249 e. The summed E-state index contributed by atoms with van der Waals surface area (Å²) < 4.78 is 2.14. The van der Waals surface area contributed by atoms with Gasteiger partial charge < -0.3 is 0 Å². The number of hydrogen-bond donors (Lipinski definition) is 0. The Morgan fingerprint density at radius 3 is 3.00 bits per heavy atom. The number of rotatable bonds is 1. The van der Waals surface area contributed by atoms with Crippen molar-refractivity contribution in [1.29, 1.82) is 0 Å². The molecule has 0 N–H and O–H groups in total. The maximum atomic E-state index is 4.74. The molecule has 1 saturated heterocycles. The van der Waals surface area contributed by atoms with Crippen molar-refractivity contribution in [3.8, 4) is 0 Å². The number of aryl methyl sites for hydroxylation is 1. The molecule has 4 heteroatoms. The van der Waals surface area contributed by atoms with Gasteiger partial charge in [-0.05, 0) is 31.4 Å². The van der Waals surface area contributed by atoms with Gasteiger partial charge in [0.25, 0.3) is 0 Å². The third-order valence-corrected chi connectivity index (χ3v) is 4.76. The molecule has 2 unspecified atom stereocenters. The van der Waals surface area contributed by atoms with Crippen molar-refractivity contribution in [1.82, 2.24) is 14.8 Å². The Balaban J connectivity index is 1.90. The quantitative estimate of drug-likeness (QED) is 0.733. The number of aromatic nitrogens is 3. The van der Waals surface area contributed by atoms with E-state index in [0.717, 1.165) is 12.4 Å². The first kappa shape index (κ1) is 9.70. The third-order valence-electron chi connectivity index (χ3n) is 3.38. The Morgan fingerprint density at radius 2 is 2.27 bits per heavy atom. The van der Waals surface area contributed by atoms with E-state index in [4.69, 9.17) is 4.98 Å². The summed E-state index contributed by atoms with van der Waals surface area (Å²) in [5.74, 6) is 4.21. The summed E-state index contributed by atoms with van der Waals surface area (Å²) in [5, 5.41) is 5.25. The van der Waals surface area contributed by atoms with Gasteiger partial charge in [0, 0.05) is 12.5 Å². The van der Waals surface area contributed by atoms with Gasteiger partial charge in [-0.25, -0.2) is 9.67 Å². The second kappa shape index (κ2) is 3.81. The summed E-state index contributed by atoms with van der Waals surface area (Å²) >= 11 is 2.02. The average molecular weight is 223 g/mol. The second-order valence-electron chi connectivity index (χ2n) is 4.60. The van der Waals surface area contributed by atoms with Gasteiger partial charge in [0.05, 0.1) is 5.25 Å². The molecule has 0 amide bonds. The summed E-state index contributed by atoms with van der Waals surface area (Å²) in [6, 6.07) is 0. The van der Waals surface area contributed by atoms with Gasteiger partial charge in [0.15, 0.2) is 5.82 Å². The van der Waals surface area contributed by atoms with Crippen molar-refractivity contribution in [2.24, 2.45) is 0 Å². The van der Waals surface area contributed by atoms with Crippen LogP contribution in [0.15, 0.2) is 0 Å². The predicted molar refractivity (Wildman–Crippen MR) is 62.1 cm³/mol. The number of fused-ring (bicyclic) bond motifs is 1. The van der Waals surface area contributed by atoms with E-state index in [2.05, 4.69) is 16.7 Å². The number of thioether (sulfide) groups is 1. The highest BCUT2D eigenvalue weighted by Gasteiger charge is 2.26. The van der Waals surface area contributed by atoms with Crippen LogP contribution in [0.25, 0.3) is 0 Å². The zero-order valence-electron chi connectivity index (χ0n) is 9.15. The zero-order valence-corrected chi connectivity index (χ0v) is 9.96. The van der Waals surface area contributed by atoms with Gasteiger partial charge >= 0.3 is 0 Å². The number of nitrogens with zero attached hydrogens (tertiary/aromatic N) is 3.